The quantitative estimate of drug-likeness (QED) is 0.755. The topological polar surface area (TPSA) is 92.3 Å². The van der Waals surface area contributed by atoms with Gasteiger partial charge in [-0.2, -0.15) is 0 Å². The molecule has 2 heterocycles. The summed E-state index contributed by atoms with van der Waals surface area (Å²) < 4.78 is 0. The first kappa shape index (κ1) is 18.0. The fourth-order valence-corrected chi connectivity index (χ4v) is 1.72. The molecule has 2 aliphatic rings. The molecular weight excluding hydrogens is 296 g/mol. The van der Waals surface area contributed by atoms with E-state index in [1.807, 2.05) is 10.6 Å². The Morgan fingerprint density at radius 2 is 1.13 bits per heavy atom. The minimum absolute atomic E-state index is 0.329. The average molecular weight is 314 g/mol. The number of imide groups is 2. The molecule has 0 aromatic heterocycles. The van der Waals surface area contributed by atoms with E-state index in [9.17, 15) is 19.2 Å². The molecule has 0 atom stereocenters. The van der Waals surface area contributed by atoms with Gasteiger partial charge in [0.25, 0.3) is 23.6 Å². The predicted molar refractivity (Wildman–Crippen MR) is 85.1 cm³/mol. The molecule has 0 saturated heterocycles. The smallest absolute Gasteiger partial charge is 0.250 e. The van der Waals surface area contributed by atoms with Crippen LogP contribution in [0.2, 0.25) is 0 Å². The molecule has 6 heteroatoms. The van der Waals surface area contributed by atoms with Crippen LogP contribution in [0.4, 0.5) is 0 Å². The molecule has 0 fully saturated rings. The van der Waals surface area contributed by atoms with Crippen molar-refractivity contribution >= 4 is 23.6 Å². The van der Waals surface area contributed by atoms with Gasteiger partial charge in [0.1, 0.15) is 0 Å². The lowest BCUT2D eigenvalue weighted by Gasteiger charge is -1.98. The summed E-state index contributed by atoms with van der Waals surface area (Å²) in [5.41, 5.74) is 2.86. The van der Waals surface area contributed by atoms with Crippen LogP contribution < -0.4 is 10.6 Å². The van der Waals surface area contributed by atoms with E-state index in [4.69, 9.17) is 0 Å². The highest BCUT2D eigenvalue weighted by atomic mass is 16.2. The predicted octanol–water partition coefficient (Wildman–Crippen LogP) is 0.955. The summed E-state index contributed by atoms with van der Waals surface area (Å²) >= 11 is 0. The van der Waals surface area contributed by atoms with Crippen LogP contribution in [0.15, 0.2) is 48.6 Å². The number of hydrogen-bond donors (Lipinski definition) is 2. The molecule has 3 rings (SSSR count). The maximum Gasteiger partial charge on any atom is 0.250 e. The Labute approximate surface area is 134 Å². The van der Waals surface area contributed by atoms with Gasteiger partial charge in [-0.05, 0) is 24.5 Å². The highest BCUT2D eigenvalue weighted by molar-refractivity contribution is 6.13. The van der Waals surface area contributed by atoms with Crippen molar-refractivity contribution in [1.29, 1.82) is 0 Å². The molecule has 1 aromatic carbocycles. The van der Waals surface area contributed by atoms with Gasteiger partial charge in [0.05, 0.1) is 0 Å². The van der Waals surface area contributed by atoms with Crippen molar-refractivity contribution in [2.24, 2.45) is 0 Å². The van der Waals surface area contributed by atoms with Crippen LogP contribution in [0.25, 0.3) is 0 Å². The molecule has 23 heavy (non-hydrogen) atoms. The Bertz CT molecular complexity index is 607. The largest absolute Gasteiger partial charge is 0.289 e. The normalized spacial score (nSPS) is 14.5. The van der Waals surface area contributed by atoms with E-state index in [0.29, 0.717) is 0 Å². The SMILES string of the molecule is CCc1ccccc1C.O=C1C=CC(=O)N1.O=C1C=CC(=O)N1. The van der Waals surface area contributed by atoms with Gasteiger partial charge in [0.15, 0.2) is 0 Å². The van der Waals surface area contributed by atoms with E-state index in [-0.39, 0.29) is 23.6 Å². The summed E-state index contributed by atoms with van der Waals surface area (Å²) in [5, 5.41) is 4.06. The van der Waals surface area contributed by atoms with Gasteiger partial charge >= 0.3 is 0 Å². The monoisotopic (exact) mass is 314 g/mol. The van der Waals surface area contributed by atoms with Gasteiger partial charge in [-0.1, -0.05) is 31.2 Å². The highest BCUT2D eigenvalue weighted by Crippen LogP contribution is 2.06. The molecule has 6 nitrogen and oxygen atoms in total. The lowest BCUT2D eigenvalue weighted by Crippen LogP contribution is -2.19. The van der Waals surface area contributed by atoms with Crippen LogP contribution in [0.3, 0.4) is 0 Å². The van der Waals surface area contributed by atoms with Gasteiger partial charge in [-0.3, -0.25) is 29.8 Å². The second-order valence-corrected chi connectivity index (χ2v) is 4.65. The Hall–Kier alpha value is -3.02. The van der Waals surface area contributed by atoms with E-state index >= 15 is 0 Å². The van der Waals surface area contributed by atoms with Crippen LogP contribution >= 0.6 is 0 Å². The Kier molecular flexibility index (Phi) is 7.13. The van der Waals surface area contributed by atoms with E-state index in [0.717, 1.165) is 6.42 Å². The summed E-state index contributed by atoms with van der Waals surface area (Å²) in [5.74, 6) is -1.31. The zero-order valence-electron chi connectivity index (χ0n) is 13.0. The molecule has 0 spiro atoms. The number of aryl methyl sites for hydroxylation is 2. The second kappa shape index (κ2) is 9.09. The maximum absolute atomic E-state index is 10.0. The fourth-order valence-electron chi connectivity index (χ4n) is 1.72. The Balaban J connectivity index is 0.000000175. The standard InChI is InChI=1S/C9H12.2C4H3NO2/c1-3-9-7-5-4-6-8(9)2;2*6-3-1-2-4(7)5-3/h4-7H,3H2,1-2H3;2*1-2H,(H,5,6,7). The van der Waals surface area contributed by atoms with Crippen molar-refractivity contribution in [2.75, 3.05) is 0 Å². The average Bonchev–Trinajstić information content (AvgIpc) is 3.08. The van der Waals surface area contributed by atoms with Crippen molar-refractivity contribution < 1.29 is 19.2 Å². The molecule has 0 radical (unpaired) electrons. The third-order valence-electron chi connectivity index (χ3n) is 2.91. The lowest BCUT2D eigenvalue weighted by molar-refractivity contribution is -0.125. The van der Waals surface area contributed by atoms with Gasteiger partial charge in [0.2, 0.25) is 0 Å². The number of rotatable bonds is 1. The first-order valence-electron chi connectivity index (χ1n) is 7.03. The highest BCUT2D eigenvalue weighted by Gasteiger charge is 2.07. The minimum atomic E-state index is -0.329. The number of nitrogens with one attached hydrogen (secondary N) is 2. The summed E-state index contributed by atoms with van der Waals surface area (Å²) in [7, 11) is 0. The van der Waals surface area contributed by atoms with Crippen LogP contribution in [0.5, 0.6) is 0 Å². The Morgan fingerprint density at radius 3 is 1.35 bits per heavy atom. The van der Waals surface area contributed by atoms with Gasteiger partial charge in [-0.15, -0.1) is 0 Å². The van der Waals surface area contributed by atoms with E-state index in [1.54, 1.807) is 0 Å². The third kappa shape index (κ3) is 6.99. The van der Waals surface area contributed by atoms with Crippen LogP contribution in [-0.4, -0.2) is 23.6 Å². The third-order valence-corrected chi connectivity index (χ3v) is 2.91. The fraction of sp³-hybridized carbons (Fsp3) is 0.176. The lowest BCUT2D eigenvalue weighted by atomic mass is 10.1. The Morgan fingerprint density at radius 1 is 0.739 bits per heavy atom. The van der Waals surface area contributed by atoms with E-state index in [2.05, 4.69) is 38.1 Å². The van der Waals surface area contributed by atoms with Crippen molar-refractivity contribution in [3.63, 3.8) is 0 Å². The summed E-state index contributed by atoms with van der Waals surface area (Å²) in [6.45, 7) is 4.33. The zero-order chi connectivity index (χ0) is 17.2. The zero-order valence-corrected chi connectivity index (χ0v) is 13.0. The second-order valence-electron chi connectivity index (χ2n) is 4.65. The van der Waals surface area contributed by atoms with Gasteiger partial charge < -0.3 is 0 Å². The van der Waals surface area contributed by atoms with Crippen molar-refractivity contribution in [3.05, 3.63) is 59.7 Å². The van der Waals surface area contributed by atoms with Crippen LogP contribution in [0.1, 0.15) is 18.1 Å². The molecule has 2 N–H and O–H groups in total. The summed E-state index contributed by atoms with van der Waals surface area (Å²) in [6.07, 6.45) is 5.93. The van der Waals surface area contributed by atoms with Crippen molar-refractivity contribution in [2.45, 2.75) is 20.3 Å². The van der Waals surface area contributed by atoms with Crippen LogP contribution in [-0.2, 0) is 25.6 Å². The molecule has 120 valence electrons. The van der Waals surface area contributed by atoms with Gasteiger partial charge in [0, 0.05) is 24.3 Å². The minimum Gasteiger partial charge on any atom is -0.289 e. The number of carbonyl (C=O) groups excluding carboxylic acids is 4. The number of hydrogen-bond acceptors (Lipinski definition) is 4. The van der Waals surface area contributed by atoms with Crippen LogP contribution in [0, 0.1) is 6.92 Å². The maximum atomic E-state index is 10.0. The first-order valence-corrected chi connectivity index (χ1v) is 7.03. The molecule has 0 saturated carbocycles. The molecule has 2 aliphatic heterocycles. The number of amides is 4. The van der Waals surface area contributed by atoms with E-state index in [1.165, 1.54) is 35.4 Å². The molecule has 0 aliphatic carbocycles. The summed E-state index contributed by atoms with van der Waals surface area (Å²) in [6, 6.07) is 8.49. The van der Waals surface area contributed by atoms with Crippen molar-refractivity contribution in [1.82, 2.24) is 10.6 Å². The molecule has 0 unspecified atom stereocenters. The summed E-state index contributed by atoms with van der Waals surface area (Å²) in [4.78, 5) is 40.1. The van der Waals surface area contributed by atoms with Gasteiger partial charge in [-0.25, -0.2) is 0 Å². The molecular formula is C17H18N2O4. The molecule has 0 bridgehead atoms. The number of benzene rings is 1. The first-order chi connectivity index (χ1) is 10.9. The number of carbonyl (C=O) groups is 4. The van der Waals surface area contributed by atoms with E-state index < -0.39 is 0 Å². The molecule has 1 aromatic rings. The van der Waals surface area contributed by atoms with Crippen molar-refractivity contribution in [3.8, 4) is 0 Å². The molecule has 4 amide bonds.